The molecular formula is C18H19NO4S2. The molecule has 1 heterocycles. The lowest BCUT2D eigenvalue weighted by Gasteiger charge is -2.29. The summed E-state index contributed by atoms with van der Waals surface area (Å²) >= 11 is 6.75. The zero-order chi connectivity index (χ0) is 17.8. The molecule has 132 valence electrons. The number of hydrogen-bond acceptors (Lipinski definition) is 5. The summed E-state index contributed by atoms with van der Waals surface area (Å²) in [7, 11) is 0. The predicted molar refractivity (Wildman–Crippen MR) is 101 cm³/mol. The van der Waals surface area contributed by atoms with Gasteiger partial charge in [-0.25, -0.2) is 4.79 Å². The van der Waals surface area contributed by atoms with Crippen LogP contribution in [0.15, 0.2) is 29.2 Å². The molecule has 1 N–H and O–H groups in total. The first-order chi connectivity index (χ1) is 12.0. The Labute approximate surface area is 156 Å². The van der Waals surface area contributed by atoms with Gasteiger partial charge in [-0.15, -0.1) is 0 Å². The summed E-state index contributed by atoms with van der Waals surface area (Å²) in [6.45, 7) is -0.396. The minimum Gasteiger partial charge on any atom is -0.482 e. The van der Waals surface area contributed by atoms with Gasteiger partial charge in [-0.05, 0) is 36.6 Å². The van der Waals surface area contributed by atoms with Crippen molar-refractivity contribution >= 4 is 46.3 Å². The van der Waals surface area contributed by atoms with Crippen LogP contribution in [0.3, 0.4) is 0 Å². The first-order valence-electron chi connectivity index (χ1n) is 8.26. The second-order valence-corrected chi connectivity index (χ2v) is 7.77. The minimum absolute atomic E-state index is 0.0289. The lowest BCUT2D eigenvalue weighted by Crippen LogP contribution is -2.39. The van der Waals surface area contributed by atoms with Gasteiger partial charge in [0.25, 0.3) is 5.91 Å². The quantitative estimate of drug-likeness (QED) is 0.624. The highest BCUT2D eigenvalue weighted by atomic mass is 32.2. The fourth-order valence-corrected chi connectivity index (χ4v) is 4.52. The van der Waals surface area contributed by atoms with Crippen LogP contribution in [0.1, 0.15) is 37.7 Å². The molecule has 1 aliphatic carbocycles. The number of hydrogen-bond donors (Lipinski definition) is 1. The average Bonchev–Trinajstić information content (AvgIpc) is 2.88. The topological polar surface area (TPSA) is 66.8 Å². The highest BCUT2D eigenvalue weighted by molar-refractivity contribution is 8.26. The molecule has 0 bridgehead atoms. The number of aliphatic carboxylic acids is 1. The highest BCUT2D eigenvalue weighted by Gasteiger charge is 2.37. The average molecular weight is 377 g/mol. The molecule has 0 aromatic heterocycles. The van der Waals surface area contributed by atoms with E-state index in [0.717, 1.165) is 31.2 Å². The Bertz CT molecular complexity index is 726. The number of benzene rings is 1. The molecule has 0 spiro atoms. The molecule has 1 saturated heterocycles. The number of thiocarbonyl (C=S) groups is 1. The standard InChI is InChI=1S/C18H19NO4S2/c20-16(21)11-23-14-8-4-5-12(9-14)10-15-17(22)19(18(24)25-15)13-6-2-1-3-7-13/h4-5,8-10,13H,1-3,6-7,11H2,(H,20,21)/b15-10-. The summed E-state index contributed by atoms with van der Waals surface area (Å²) in [4.78, 5) is 25.7. The van der Waals surface area contributed by atoms with E-state index in [-0.39, 0.29) is 11.9 Å². The van der Waals surface area contributed by atoms with E-state index < -0.39 is 12.6 Å². The number of rotatable bonds is 5. The molecule has 0 unspecified atom stereocenters. The molecule has 5 nitrogen and oxygen atoms in total. The van der Waals surface area contributed by atoms with Gasteiger partial charge in [0, 0.05) is 6.04 Å². The van der Waals surface area contributed by atoms with Crippen molar-refractivity contribution in [2.24, 2.45) is 0 Å². The molecule has 1 aliphatic heterocycles. The van der Waals surface area contributed by atoms with Gasteiger partial charge in [-0.3, -0.25) is 9.69 Å². The second kappa shape index (κ2) is 8.01. The zero-order valence-corrected chi connectivity index (χ0v) is 15.3. The van der Waals surface area contributed by atoms with Crippen LogP contribution in [0.4, 0.5) is 0 Å². The Hall–Kier alpha value is -1.86. The highest BCUT2D eigenvalue weighted by Crippen LogP contribution is 2.37. The first-order valence-corrected chi connectivity index (χ1v) is 9.49. The van der Waals surface area contributed by atoms with E-state index >= 15 is 0 Å². The summed E-state index contributed by atoms with van der Waals surface area (Å²) < 4.78 is 5.81. The van der Waals surface area contributed by atoms with E-state index in [1.807, 2.05) is 6.07 Å². The Morgan fingerprint density at radius 2 is 2.12 bits per heavy atom. The van der Waals surface area contributed by atoms with Crippen molar-refractivity contribution in [1.82, 2.24) is 4.90 Å². The Kier molecular flexibility index (Phi) is 5.75. The number of ether oxygens (including phenoxy) is 1. The van der Waals surface area contributed by atoms with Crippen LogP contribution in [0.5, 0.6) is 5.75 Å². The van der Waals surface area contributed by atoms with Gasteiger partial charge in [-0.1, -0.05) is 55.4 Å². The van der Waals surface area contributed by atoms with Gasteiger partial charge in [-0.2, -0.15) is 0 Å². The van der Waals surface area contributed by atoms with Crippen molar-refractivity contribution in [3.63, 3.8) is 0 Å². The van der Waals surface area contributed by atoms with Gasteiger partial charge < -0.3 is 9.84 Å². The number of carboxylic acids is 1. The third-order valence-corrected chi connectivity index (χ3v) is 5.61. The molecule has 25 heavy (non-hydrogen) atoms. The molecular weight excluding hydrogens is 358 g/mol. The van der Waals surface area contributed by atoms with Crippen molar-refractivity contribution in [1.29, 1.82) is 0 Å². The van der Waals surface area contributed by atoms with Gasteiger partial charge in [0.2, 0.25) is 0 Å². The van der Waals surface area contributed by atoms with Crippen molar-refractivity contribution in [3.8, 4) is 5.75 Å². The van der Waals surface area contributed by atoms with Crippen LogP contribution in [-0.2, 0) is 9.59 Å². The largest absolute Gasteiger partial charge is 0.482 e. The summed E-state index contributed by atoms with van der Waals surface area (Å²) in [5.41, 5.74) is 0.784. The van der Waals surface area contributed by atoms with Crippen LogP contribution < -0.4 is 4.74 Å². The lowest BCUT2D eigenvalue weighted by atomic mass is 9.94. The Morgan fingerprint density at radius 1 is 1.36 bits per heavy atom. The van der Waals surface area contributed by atoms with Crippen LogP contribution in [-0.4, -0.2) is 38.9 Å². The van der Waals surface area contributed by atoms with Gasteiger partial charge in [0.1, 0.15) is 10.1 Å². The van der Waals surface area contributed by atoms with Gasteiger partial charge in [0.15, 0.2) is 6.61 Å². The molecule has 0 radical (unpaired) electrons. The molecule has 1 aromatic carbocycles. The Morgan fingerprint density at radius 3 is 2.84 bits per heavy atom. The van der Waals surface area contributed by atoms with Crippen LogP contribution in [0.2, 0.25) is 0 Å². The minimum atomic E-state index is -1.03. The van der Waals surface area contributed by atoms with E-state index in [1.54, 1.807) is 29.2 Å². The normalized spacial score (nSPS) is 20.3. The number of nitrogens with zero attached hydrogens (tertiary/aromatic N) is 1. The van der Waals surface area contributed by atoms with E-state index in [1.165, 1.54) is 18.2 Å². The number of amides is 1. The second-order valence-electron chi connectivity index (χ2n) is 6.10. The third kappa shape index (κ3) is 4.41. The zero-order valence-electron chi connectivity index (χ0n) is 13.6. The number of carbonyl (C=O) groups excluding carboxylic acids is 1. The maximum absolute atomic E-state index is 12.8. The molecule has 3 rings (SSSR count). The smallest absolute Gasteiger partial charge is 0.341 e. The maximum Gasteiger partial charge on any atom is 0.341 e. The molecule has 7 heteroatoms. The molecule has 2 aliphatic rings. The summed E-state index contributed by atoms with van der Waals surface area (Å²) in [5, 5.41) is 8.69. The van der Waals surface area contributed by atoms with Gasteiger partial charge >= 0.3 is 5.97 Å². The maximum atomic E-state index is 12.8. The summed E-state index contributed by atoms with van der Waals surface area (Å²) in [6, 6.07) is 7.24. The van der Waals surface area contributed by atoms with Crippen molar-refractivity contribution in [2.75, 3.05) is 6.61 Å². The van der Waals surface area contributed by atoms with E-state index in [4.69, 9.17) is 22.1 Å². The molecule has 0 atom stereocenters. The summed E-state index contributed by atoms with van der Waals surface area (Å²) in [5.74, 6) is -0.601. The fourth-order valence-electron chi connectivity index (χ4n) is 3.12. The predicted octanol–water partition coefficient (Wildman–Crippen LogP) is 3.68. The number of carbonyl (C=O) groups is 2. The fraction of sp³-hybridized carbons (Fsp3) is 0.389. The van der Waals surface area contributed by atoms with Gasteiger partial charge in [0.05, 0.1) is 4.91 Å². The van der Waals surface area contributed by atoms with Crippen molar-refractivity contribution < 1.29 is 19.4 Å². The Balaban J connectivity index is 1.75. The SMILES string of the molecule is O=C(O)COc1cccc(/C=C2\SC(=S)N(C3CCCCC3)C2=O)c1. The number of thioether (sulfide) groups is 1. The third-order valence-electron chi connectivity index (χ3n) is 4.28. The van der Waals surface area contributed by atoms with Crippen LogP contribution >= 0.6 is 24.0 Å². The number of carboxylic acid groups (broad SMARTS) is 1. The van der Waals surface area contributed by atoms with Crippen LogP contribution in [0, 0.1) is 0 Å². The molecule has 1 aromatic rings. The van der Waals surface area contributed by atoms with E-state index in [9.17, 15) is 9.59 Å². The summed E-state index contributed by atoms with van der Waals surface area (Å²) in [6.07, 6.45) is 7.32. The van der Waals surface area contributed by atoms with Crippen molar-refractivity contribution in [3.05, 3.63) is 34.7 Å². The monoisotopic (exact) mass is 377 g/mol. The lowest BCUT2D eigenvalue weighted by molar-refractivity contribution is -0.139. The van der Waals surface area contributed by atoms with Crippen LogP contribution in [0.25, 0.3) is 6.08 Å². The van der Waals surface area contributed by atoms with Crippen molar-refractivity contribution in [2.45, 2.75) is 38.1 Å². The molecule has 1 amide bonds. The molecule has 1 saturated carbocycles. The molecule has 2 fully saturated rings. The first kappa shape index (κ1) is 17.9. The van der Waals surface area contributed by atoms with E-state index in [2.05, 4.69) is 0 Å². The van der Waals surface area contributed by atoms with E-state index in [0.29, 0.717) is 15.0 Å².